The SMILES string of the molecule is C[C@@](O)(CNC(=O)c1cc(-c2ccccc2)on1)Cc1ccco1. The smallest absolute Gasteiger partial charge is 0.273 e. The molecule has 0 saturated heterocycles. The van der Waals surface area contributed by atoms with Crippen LogP contribution >= 0.6 is 0 Å². The van der Waals surface area contributed by atoms with Crippen molar-refractivity contribution in [2.45, 2.75) is 18.9 Å². The number of aromatic nitrogens is 1. The minimum Gasteiger partial charge on any atom is -0.469 e. The van der Waals surface area contributed by atoms with Crippen molar-refractivity contribution in [3.8, 4) is 11.3 Å². The topological polar surface area (TPSA) is 88.5 Å². The molecule has 0 bridgehead atoms. The molecule has 0 spiro atoms. The first-order valence-corrected chi connectivity index (χ1v) is 7.59. The number of nitrogens with one attached hydrogen (secondary N) is 1. The van der Waals surface area contributed by atoms with E-state index in [-0.39, 0.29) is 12.2 Å². The van der Waals surface area contributed by atoms with Crippen molar-refractivity contribution in [1.29, 1.82) is 0 Å². The number of nitrogens with zero attached hydrogens (tertiary/aromatic N) is 1. The van der Waals surface area contributed by atoms with Gasteiger partial charge in [0, 0.05) is 24.6 Å². The standard InChI is InChI=1S/C18H18N2O4/c1-18(22,11-14-8-5-9-23-14)12-19-17(21)15-10-16(24-20-15)13-6-3-2-4-7-13/h2-10,22H,11-12H2,1H3,(H,19,21)/t18-/m0/s1. The largest absolute Gasteiger partial charge is 0.469 e. The average Bonchev–Trinajstić information content (AvgIpc) is 3.25. The van der Waals surface area contributed by atoms with Crippen LogP contribution in [0.5, 0.6) is 0 Å². The minimum absolute atomic E-state index is 0.0695. The molecule has 2 aromatic heterocycles. The molecule has 0 aliphatic carbocycles. The molecule has 2 heterocycles. The molecule has 2 N–H and O–H groups in total. The van der Waals surface area contributed by atoms with Crippen LogP contribution in [0, 0.1) is 0 Å². The van der Waals surface area contributed by atoms with E-state index in [0.717, 1.165) is 5.56 Å². The summed E-state index contributed by atoms with van der Waals surface area (Å²) in [6.45, 7) is 1.70. The molecule has 0 fully saturated rings. The Morgan fingerprint density at radius 2 is 2.04 bits per heavy atom. The lowest BCUT2D eigenvalue weighted by atomic mass is 10.0. The Kier molecular flexibility index (Phi) is 4.48. The molecule has 0 unspecified atom stereocenters. The second-order valence-corrected chi connectivity index (χ2v) is 5.88. The molecule has 3 aromatic rings. The number of hydrogen-bond acceptors (Lipinski definition) is 5. The van der Waals surface area contributed by atoms with E-state index in [1.54, 1.807) is 31.4 Å². The Hall–Kier alpha value is -2.86. The molecule has 0 aliphatic heterocycles. The summed E-state index contributed by atoms with van der Waals surface area (Å²) in [5.74, 6) is 0.769. The first-order valence-electron chi connectivity index (χ1n) is 7.59. The van der Waals surface area contributed by atoms with Crippen molar-refractivity contribution in [2.75, 3.05) is 6.54 Å². The van der Waals surface area contributed by atoms with Crippen LogP contribution in [-0.4, -0.2) is 28.3 Å². The molecule has 0 aliphatic rings. The van der Waals surface area contributed by atoms with Crippen LogP contribution in [0.15, 0.2) is 63.7 Å². The predicted molar refractivity (Wildman–Crippen MR) is 87.3 cm³/mol. The van der Waals surface area contributed by atoms with Gasteiger partial charge in [0.2, 0.25) is 0 Å². The van der Waals surface area contributed by atoms with Gasteiger partial charge in [-0.15, -0.1) is 0 Å². The summed E-state index contributed by atoms with van der Waals surface area (Å²) >= 11 is 0. The second kappa shape index (κ2) is 6.72. The Labute approximate surface area is 139 Å². The number of furan rings is 1. The maximum atomic E-state index is 12.2. The average molecular weight is 326 g/mol. The highest BCUT2D eigenvalue weighted by atomic mass is 16.5. The van der Waals surface area contributed by atoms with E-state index in [1.807, 2.05) is 30.3 Å². The molecule has 1 aromatic carbocycles. The third-order valence-corrected chi connectivity index (χ3v) is 3.57. The number of aliphatic hydroxyl groups is 1. The van der Waals surface area contributed by atoms with Crippen molar-refractivity contribution < 1.29 is 18.8 Å². The van der Waals surface area contributed by atoms with Crippen LogP contribution in [0.1, 0.15) is 23.2 Å². The van der Waals surface area contributed by atoms with Crippen molar-refractivity contribution in [2.24, 2.45) is 0 Å². The molecule has 0 saturated carbocycles. The van der Waals surface area contributed by atoms with Gasteiger partial charge < -0.3 is 19.4 Å². The Morgan fingerprint density at radius 3 is 2.75 bits per heavy atom. The highest BCUT2D eigenvalue weighted by Gasteiger charge is 2.24. The number of hydrogen-bond donors (Lipinski definition) is 2. The van der Waals surface area contributed by atoms with E-state index in [1.165, 1.54) is 0 Å². The van der Waals surface area contributed by atoms with Crippen LogP contribution in [0.25, 0.3) is 11.3 Å². The summed E-state index contributed by atoms with van der Waals surface area (Å²) in [6, 6.07) is 14.5. The van der Waals surface area contributed by atoms with Gasteiger partial charge in [0.05, 0.1) is 11.9 Å². The van der Waals surface area contributed by atoms with E-state index < -0.39 is 11.5 Å². The van der Waals surface area contributed by atoms with Gasteiger partial charge in [0.15, 0.2) is 11.5 Å². The normalized spacial score (nSPS) is 13.4. The second-order valence-electron chi connectivity index (χ2n) is 5.88. The van der Waals surface area contributed by atoms with Gasteiger partial charge in [-0.3, -0.25) is 4.79 Å². The van der Waals surface area contributed by atoms with E-state index in [9.17, 15) is 9.90 Å². The van der Waals surface area contributed by atoms with Gasteiger partial charge in [-0.2, -0.15) is 0 Å². The van der Waals surface area contributed by atoms with Crippen molar-refractivity contribution in [3.05, 3.63) is 66.2 Å². The lowest BCUT2D eigenvalue weighted by molar-refractivity contribution is 0.0508. The molecule has 124 valence electrons. The maximum absolute atomic E-state index is 12.2. The van der Waals surface area contributed by atoms with Crippen molar-refractivity contribution in [1.82, 2.24) is 10.5 Å². The zero-order valence-corrected chi connectivity index (χ0v) is 13.2. The summed E-state index contributed by atoms with van der Waals surface area (Å²) < 4.78 is 10.4. The molecule has 6 nitrogen and oxygen atoms in total. The maximum Gasteiger partial charge on any atom is 0.273 e. The number of rotatable bonds is 6. The van der Waals surface area contributed by atoms with E-state index in [2.05, 4.69) is 10.5 Å². The fraction of sp³-hybridized carbons (Fsp3) is 0.222. The van der Waals surface area contributed by atoms with Gasteiger partial charge in [0.1, 0.15) is 5.76 Å². The quantitative estimate of drug-likeness (QED) is 0.727. The van der Waals surface area contributed by atoms with E-state index in [0.29, 0.717) is 17.9 Å². The summed E-state index contributed by atoms with van der Waals surface area (Å²) in [5, 5.41) is 16.8. The molecule has 0 radical (unpaired) electrons. The zero-order valence-electron chi connectivity index (χ0n) is 13.2. The lowest BCUT2D eigenvalue weighted by Crippen LogP contribution is -2.42. The molecule has 6 heteroatoms. The van der Waals surface area contributed by atoms with Gasteiger partial charge >= 0.3 is 0 Å². The highest BCUT2D eigenvalue weighted by Crippen LogP contribution is 2.20. The number of benzene rings is 1. The van der Waals surface area contributed by atoms with Crippen LogP contribution in [0.2, 0.25) is 0 Å². The molecule has 1 atom stereocenters. The monoisotopic (exact) mass is 326 g/mol. The summed E-state index contributed by atoms with van der Waals surface area (Å²) in [5.41, 5.74) is -0.115. The van der Waals surface area contributed by atoms with E-state index >= 15 is 0 Å². The first-order chi connectivity index (χ1) is 11.5. The lowest BCUT2D eigenvalue weighted by Gasteiger charge is -2.22. The Bertz CT molecular complexity index is 792. The number of amides is 1. The Balaban J connectivity index is 1.60. The van der Waals surface area contributed by atoms with Crippen LogP contribution in [-0.2, 0) is 6.42 Å². The minimum atomic E-state index is -1.13. The van der Waals surface area contributed by atoms with Crippen molar-refractivity contribution in [3.63, 3.8) is 0 Å². The third-order valence-electron chi connectivity index (χ3n) is 3.57. The summed E-state index contributed by atoms with van der Waals surface area (Å²) in [4.78, 5) is 12.2. The van der Waals surface area contributed by atoms with Crippen LogP contribution in [0.4, 0.5) is 0 Å². The summed E-state index contributed by atoms with van der Waals surface area (Å²) in [7, 11) is 0. The van der Waals surface area contributed by atoms with Gasteiger partial charge in [0.25, 0.3) is 5.91 Å². The highest BCUT2D eigenvalue weighted by molar-refractivity contribution is 5.93. The fourth-order valence-electron chi connectivity index (χ4n) is 2.33. The van der Waals surface area contributed by atoms with E-state index in [4.69, 9.17) is 8.94 Å². The molecular formula is C18H18N2O4. The van der Waals surface area contributed by atoms with Crippen LogP contribution in [0.3, 0.4) is 0 Å². The van der Waals surface area contributed by atoms with Crippen molar-refractivity contribution >= 4 is 5.91 Å². The number of carbonyl (C=O) groups is 1. The van der Waals surface area contributed by atoms with Gasteiger partial charge in [-0.05, 0) is 19.1 Å². The molecule has 1 amide bonds. The summed E-state index contributed by atoms with van der Waals surface area (Å²) in [6.07, 6.45) is 1.85. The van der Waals surface area contributed by atoms with Gasteiger partial charge in [-0.1, -0.05) is 35.5 Å². The molecule has 3 rings (SSSR count). The number of carbonyl (C=O) groups excluding carboxylic acids is 1. The first kappa shape index (κ1) is 16.0. The van der Waals surface area contributed by atoms with Crippen LogP contribution < -0.4 is 5.32 Å². The fourth-order valence-corrected chi connectivity index (χ4v) is 2.33. The molecular weight excluding hydrogens is 308 g/mol. The zero-order chi connectivity index (χ0) is 17.0. The predicted octanol–water partition coefficient (Wildman–Crippen LogP) is 2.66. The third kappa shape index (κ3) is 3.91. The Morgan fingerprint density at radius 1 is 1.25 bits per heavy atom. The molecule has 24 heavy (non-hydrogen) atoms. The van der Waals surface area contributed by atoms with Gasteiger partial charge in [-0.25, -0.2) is 0 Å².